The quantitative estimate of drug-likeness (QED) is 0.353. The molecule has 1 amide bonds. The topological polar surface area (TPSA) is 132 Å². The Balaban J connectivity index is 1.32. The van der Waals surface area contributed by atoms with Gasteiger partial charge in [-0.05, 0) is 65.2 Å². The predicted octanol–water partition coefficient (Wildman–Crippen LogP) is 4.45. The fourth-order valence-corrected chi connectivity index (χ4v) is 4.95. The van der Waals surface area contributed by atoms with E-state index in [1.54, 1.807) is 47.0 Å². The maximum Gasteiger partial charge on any atom is 0.411 e. The Bertz CT molecular complexity index is 1710. The van der Waals surface area contributed by atoms with Crippen LogP contribution in [0.4, 0.5) is 10.5 Å². The number of benzene rings is 2. The number of rotatable bonds is 5. The van der Waals surface area contributed by atoms with Crippen LogP contribution in [-0.4, -0.2) is 48.2 Å². The molecule has 3 aromatic heterocycles. The molecule has 0 fully saturated rings. The van der Waals surface area contributed by atoms with Crippen molar-refractivity contribution in [3.63, 3.8) is 0 Å². The van der Waals surface area contributed by atoms with E-state index >= 15 is 0 Å². The van der Waals surface area contributed by atoms with Gasteiger partial charge in [0.05, 0.1) is 11.7 Å². The number of pyridine rings is 1. The van der Waals surface area contributed by atoms with Gasteiger partial charge in [0.15, 0.2) is 5.76 Å². The molecule has 6 rings (SSSR count). The molecule has 1 unspecified atom stereocenters. The van der Waals surface area contributed by atoms with Crippen LogP contribution < -0.4 is 10.5 Å². The Morgan fingerprint density at radius 1 is 1.11 bits per heavy atom. The van der Waals surface area contributed by atoms with Crippen LogP contribution in [0, 0.1) is 0 Å². The SMILES string of the molecule is CN(C(=O)O)c1ccc(-c2cc(C3CCc4cc(-c5cc(Cl)ccc5-n5cnnn5)cc(=O)n43)on2)cc1. The van der Waals surface area contributed by atoms with Crippen molar-refractivity contribution in [2.75, 3.05) is 11.9 Å². The molecule has 0 saturated heterocycles. The largest absolute Gasteiger partial charge is 0.465 e. The lowest BCUT2D eigenvalue weighted by Gasteiger charge is -2.14. The molecule has 0 spiro atoms. The summed E-state index contributed by atoms with van der Waals surface area (Å²) in [6.45, 7) is 0. The summed E-state index contributed by atoms with van der Waals surface area (Å²) in [5.74, 6) is 0.581. The van der Waals surface area contributed by atoms with E-state index < -0.39 is 6.09 Å². The molecular weight excluding hydrogens is 510 g/mol. The number of fused-ring (bicyclic) bond motifs is 1. The number of amides is 1. The van der Waals surface area contributed by atoms with Crippen molar-refractivity contribution in [2.45, 2.75) is 18.9 Å². The molecule has 0 bridgehead atoms. The Kier molecular flexibility index (Phi) is 5.76. The number of halogens is 1. The molecule has 0 aliphatic carbocycles. The fourth-order valence-electron chi connectivity index (χ4n) is 4.78. The second-order valence-corrected chi connectivity index (χ2v) is 9.35. The number of carboxylic acid groups (broad SMARTS) is 1. The molecule has 38 heavy (non-hydrogen) atoms. The standard InChI is InChI=1S/C26H20ClN7O4/c1-32(26(36)37)18-5-2-15(3-6-18)21-13-24(38-29-21)23-9-7-19-10-16(11-25(35)34(19)23)20-12-17(27)4-8-22(20)33-14-28-30-31-33/h2-6,8,10-14,23H,7,9H2,1H3,(H,36,37). The number of anilines is 1. The van der Waals surface area contributed by atoms with Gasteiger partial charge in [-0.3, -0.25) is 9.69 Å². The first-order chi connectivity index (χ1) is 18.4. The van der Waals surface area contributed by atoms with E-state index in [0.717, 1.165) is 27.3 Å². The highest BCUT2D eigenvalue weighted by molar-refractivity contribution is 6.31. The predicted molar refractivity (Wildman–Crippen MR) is 139 cm³/mol. The lowest BCUT2D eigenvalue weighted by atomic mass is 10.0. The Morgan fingerprint density at radius 2 is 1.92 bits per heavy atom. The van der Waals surface area contributed by atoms with Gasteiger partial charge in [0.1, 0.15) is 12.0 Å². The van der Waals surface area contributed by atoms with Crippen molar-refractivity contribution in [3.05, 3.63) is 93.8 Å². The van der Waals surface area contributed by atoms with Gasteiger partial charge in [0.25, 0.3) is 5.56 Å². The average Bonchev–Trinajstić information content (AvgIpc) is 3.69. The minimum absolute atomic E-state index is 0.165. The maximum atomic E-state index is 13.4. The van der Waals surface area contributed by atoms with Crippen molar-refractivity contribution >= 4 is 23.4 Å². The summed E-state index contributed by atoms with van der Waals surface area (Å²) < 4.78 is 8.94. The van der Waals surface area contributed by atoms with Gasteiger partial charge in [-0.25, -0.2) is 4.79 Å². The number of carbonyl (C=O) groups is 1. The highest BCUT2D eigenvalue weighted by Crippen LogP contribution is 2.36. The Hall–Kier alpha value is -4.77. The number of hydrogen-bond acceptors (Lipinski definition) is 7. The van der Waals surface area contributed by atoms with Crippen LogP contribution in [0.1, 0.15) is 23.9 Å². The van der Waals surface area contributed by atoms with Gasteiger partial charge >= 0.3 is 6.09 Å². The van der Waals surface area contributed by atoms with Crippen molar-refractivity contribution in [3.8, 4) is 28.1 Å². The zero-order valence-electron chi connectivity index (χ0n) is 20.0. The number of aromatic nitrogens is 6. The van der Waals surface area contributed by atoms with Gasteiger partial charge in [-0.2, -0.15) is 4.68 Å². The fraction of sp³-hybridized carbons (Fsp3) is 0.154. The van der Waals surface area contributed by atoms with Gasteiger partial charge in [-0.15, -0.1) is 5.10 Å². The molecule has 1 aliphatic rings. The minimum Gasteiger partial charge on any atom is -0.465 e. The molecule has 0 saturated carbocycles. The molecule has 0 radical (unpaired) electrons. The number of aryl methyl sites for hydroxylation is 1. The summed E-state index contributed by atoms with van der Waals surface area (Å²) in [7, 11) is 1.48. The third-order valence-electron chi connectivity index (χ3n) is 6.69. The monoisotopic (exact) mass is 529 g/mol. The summed E-state index contributed by atoms with van der Waals surface area (Å²) in [4.78, 5) is 25.7. The first-order valence-electron chi connectivity index (χ1n) is 11.7. The van der Waals surface area contributed by atoms with Crippen LogP contribution in [0.3, 0.4) is 0 Å². The Morgan fingerprint density at radius 3 is 2.66 bits per heavy atom. The normalized spacial score (nSPS) is 14.4. The third-order valence-corrected chi connectivity index (χ3v) is 6.93. The van der Waals surface area contributed by atoms with Crippen LogP contribution in [0.25, 0.3) is 28.1 Å². The van der Waals surface area contributed by atoms with Crippen molar-refractivity contribution in [1.82, 2.24) is 29.9 Å². The highest BCUT2D eigenvalue weighted by atomic mass is 35.5. The van der Waals surface area contributed by atoms with E-state index in [2.05, 4.69) is 20.7 Å². The van der Waals surface area contributed by atoms with E-state index in [1.807, 2.05) is 18.2 Å². The Labute approximate surface area is 220 Å². The first-order valence-corrected chi connectivity index (χ1v) is 12.1. The average molecular weight is 530 g/mol. The summed E-state index contributed by atoms with van der Waals surface area (Å²) in [6.07, 6.45) is 1.81. The van der Waals surface area contributed by atoms with Crippen LogP contribution in [0.5, 0.6) is 0 Å². The van der Waals surface area contributed by atoms with Crippen LogP contribution >= 0.6 is 11.6 Å². The lowest BCUT2D eigenvalue weighted by Crippen LogP contribution is -2.23. The molecular formula is C26H20ClN7O4. The van der Waals surface area contributed by atoms with Crippen LogP contribution in [0.15, 0.2) is 76.3 Å². The number of hydrogen-bond donors (Lipinski definition) is 1. The second-order valence-electron chi connectivity index (χ2n) is 8.92. The second kappa shape index (κ2) is 9.27. The van der Waals surface area contributed by atoms with E-state index in [9.17, 15) is 9.59 Å². The summed E-state index contributed by atoms with van der Waals surface area (Å²) in [6, 6.07) is 17.4. The van der Waals surface area contributed by atoms with Gasteiger partial charge in [-0.1, -0.05) is 28.9 Å². The van der Waals surface area contributed by atoms with E-state index in [0.29, 0.717) is 40.7 Å². The molecule has 11 nitrogen and oxygen atoms in total. The van der Waals surface area contributed by atoms with Crippen LogP contribution in [0.2, 0.25) is 5.02 Å². The lowest BCUT2D eigenvalue weighted by molar-refractivity contribution is 0.203. The molecule has 190 valence electrons. The van der Waals surface area contributed by atoms with Gasteiger partial charge in [0.2, 0.25) is 0 Å². The molecule has 1 N–H and O–H groups in total. The van der Waals surface area contributed by atoms with Crippen molar-refractivity contribution in [2.24, 2.45) is 0 Å². The van der Waals surface area contributed by atoms with E-state index in [4.69, 9.17) is 21.2 Å². The zero-order chi connectivity index (χ0) is 26.4. The molecule has 1 atom stereocenters. The zero-order valence-corrected chi connectivity index (χ0v) is 20.8. The van der Waals surface area contributed by atoms with Crippen molar-refractivity contribution < 1.29 is 14.4 Å². The minimum atomic E-state index is -1.04. The molecule has 1 aliphatic heterocycles. The maximum absolute atomic E-state index is 13.4. The van der Waals surface area contributed by atoms with E-state index in [1.165, 1.54) is 18.1 Å². The summed E-state index contributed by atoms with van der Waals surface area (Å²) >= 11 is 6.29. The highest BCUT2D eigenvalue weighted by Gasteiger charge is 2.29. The molecule has 2 aromatic carbocycles. The number of nitrogens with zero attached hydrogens (tertiary/aromatic N) is 7. The molecule has 4 heterocycles. The molecule has 12 heteroatoms. The first kappa shape index (κ1) is 23.6. The number of tetrazole rings is 1. The summed E-state index contributed by atoms with van der Waals surface area (Å²) in [5.41, 5.74) is 4.80. The third kappa shape index (κ3) is 4.12. The van der Waals surface area contributed by atoms with Crippen molar-refractivity contribution in [1.29, 1.82) is 0 Å². The van der Waals surface area contributed by atoms with E-state index in [-0.39, 0.29) is 11.6 Å². The summed E-state index contributed by atoms with van der Waals surface area (Å²) in [5, 5.41) is 25.3. The smallest absolute Gasteiger partial charge is 0.411 e. The molecule has 5 aromatic rings. The van der Waals surface area contributed by atoms with Crippen LogP contribution in [-0.2, 0) is 6.42 Å². The van der Waals surface area contributed by atoms with Gasteiger partial charge < -0.3 is 14.2 Å². The van der Waals surface area contributed by atoms with Gasteiger partial charge in [0, 0.05) is 46.7 Å².